The molecule has 0 unspecified atom stereocenters. The number of hydrogen-bond acceptors (Lipinski definition) is 10. The van der Waals surface area contributed by atoms with Gasteiger partial charge < -0.3 is 50.2 Å². The smallest absolute Gasteiger partial charge is 0.550 e. The van der Waals surface area contributed by atoms with Gasteiger partial charge in [-0.15, -0.1) is 0 Å². The molecule has 0 heterocycles. The van der Waals surface area contributed by atoms with E-state index in [9.17, 15) is 49.2 Å². The summed E-state index contributed by atoms with van der Waals surface area (Å²) >= 11 is 0. The summed E-state index contributed by atoms with van der Waals surface area (Å²) in [6.45, 7) is 0. The van der Waals surface area contributed by atoms with Gasteiger partial charge in [0.2, 0.25) is 0 Å². The standard InChI is InChI=1S/C12H16N2O10.4Li/c15-7(16)3-1-5(11(21)22)13-9(19)10(20)14-6(12(23)24)2-4-8(17)18;;;;/h5-6H,1-4H2,(H,13,19)(H,14,20)(H,15,16)(H,17,18)(H,21,22)(H,23,24);;;;/q;4*+1/p-4/t5-,6-;;;;/m0..../s1. The number of carbonyl (C=O) groups is 6. The molecule has 16 heteroatoms. The molecule has 0 aliphatic heterocycles. The molecule has 0 aromatic rings. The molecule has 12 nitrogen and oxygen atoms in total. The Morgan fingerprint density at radius 2 is 0.821 bits per heavy atom. The average Bonchev–Trinajstić information content (AvgIpc) is 2.45. The molecule has 0 aromatic heterocycles. The molecule has 0 fully saturated rings. The van der Waals surface area contributed by atoms with Gasteiger partial charge in [-0.1, -0.05) is 0 Å². The number of nitrogens with one attached hydrogen (secondary N) is 2. The molecule has 0 saturated heterocycles. The number of carbonyl (C=O) groups excluding carboxylic acids is 6. The van der Waals surface area contributed by atoms with Gasteiger partial charge >= 0.3 is 87.3 Å². The maximum atomic E-state index is 11.5. The Morgan fingerprint density at radius 3 is 1.00 bits per heavy atom. The molecule has 0 bridgehead atoms. The van der Waals surface area contributed by atoms with Crippen LogP contribution in [0.2, 0.25) is 0 Å². The number of amides is 2. The van der Waals surface area contributed by atoms with Crippen LogP contribution in [0.25, 0.3) is 0 Å². The number of carboxylic acids is 4. The van der Waals surface area contributed by atoms with Gasteiger partial charge in [0.1, 0.15) is 0 Å². The van der Waals surface area contributed by atoms with Crippen molar-refractivity contribution in [1.29, 1.82) is 0 Å². The zero-order valence-electron chi connectivity index (χ0n) is 16.1. The second-order valence-electron chi connectivity index (χ2n) is 4.51. The van der Waals surface area contributed by atoms with Crippen molar-refractivity contribution in [2.45, 2.75) is 37.8 Å². The van der Waals surface area contributed by atoms with E-state index in [1.165, 1.54) is 0 Å². The van der Waals surface area contributed by atoms with Crippen LogP contribution in [0.3, 0.4) is 0 Å². The third-order valence-corrected chi connectivity index (χ3v) is 2.66. The monoisotopic (exact) mass is 372 g/mol. The van der Waals surface area contributed by atoms with Gasteiger partial charge in [0.15, 0.2) is 0 Å². The fourth-order valence-corrected chi connectivity index (χ4v) is 1.47. The number of aliphatic carboxylic acids is 4. The van der Waals surface area contributed by atoms with Crippen LogP contribution in [0, 0.1) is 0 Å². The maximum absolute atomic E-state index is 11.5. The summed E-state index contributed by atoms with van der Waals surface area (Å²) in [5, 5.41) is 45.2. The van der Waals surface area contributed by atoms with Crippen LogP contribution < -0.4 is 107 Å². The van der Waals surface area contributed by atoms with E-state index < -0.39 is 73.5 Å². The normalized spacial score (nSPS) is 10.7. The zero-order valence-corrected chi connectivity index (χ0v) is 16.1. The summed E-state index contributed by atoms with van der Waals surface area (Å²) < 4.78 is 0. The number of rotatable bonds is 10. The summed E-state index contributed by atoms with van der Waals surface area (Å²) in [5.74, 6) is -10.1. The molecule has 134 valence electrons. The first-order valence-electron chi connectivity index (χ1n) is 6.47. The Bertz CT molecular complexity index is 513. The van der Waals surface area contributed by atoms with Crippen molar-refractivity contribution in [3.05, 3.63) is 0 Å². The minimum absolute atomic E-state index is 0. The first kappa shape index (κ1) is 37.9. The molecule has 2 atom stereocenters. The number of carboxylic acid groups (broad SMARTS) is 4. The predicted molar refractivity (Wildman–Crippen MR) is 62.4 cm³/mol. The Hall–Kier alpha value is -0.790. The van der Waals surface area contributed by atoms with Crippen molar-refractivity contribution in [3.63, 3.8) is 0 Å². The largest absolute Gasteiger partial charge is 1.00 e. The first-order valence-corrected chi connectivity index (χ1v) is 6.47. The van der Waals surface area contributed by atoms with Gasteiger partial charge in [0.25, 0.3) is 0 Å². The fraction of sp³-hybridized carbons (Fsp3) is 0.500. The molecule has 0 rings (SSSR count). The summed E-state index contributed by atoms with van der Waals surface area (Å²) in [7, 11) is 0. The molecule has 0 saturated carbocycles. The van der Waals surface area contributed by atoms with E-state index in [1.807, 2.05) is 0 Å². The molecule has 2 N–H and O–H groups in total. The van der Waals surface area contributed by atoms with Crippen molar-refractivity contribution in [1.82, 2.24) is 10.6 Å². The minimum atomic E-state index is -1.87. The topological polar surface area (TPSA) is 219 Å². The van der Waals surface area contributed by atoms with Crippen molar-refractivity contribution in [3.8, 4) is 0 Å². The van der Waals surface area contributed by atoms with Crippen LogP contribution in [-0.4, -0.2) is 47.8 Å². The van der Waals surface area contributed by atoms with Crippen molar-refractivity contribution in [2.75, 3.05) is 0 Å². The summed E-state index contributed by atoms with van der Waals surface area (Å²) in [6.07, 6.45) is -2.74. The Kier molecular flexibility index (Phi) is 26.4. The van der Waals surface area contributed by atoms with Gasteiger partial charge in [-0.3, -0.25) is 9.59 Å². The van der Waals surface area contributed by atoms with Crippen LogP contribution in [0.5, 0.6) is 0 Å². The molecule has 2 amide bonds. The van der Waals surface area contributed by atoms with Gasteiger partial charge in [-0.25, -0.2) is 0 Å². The Balaban J connectivity index is -0.000000441. The summed E-state index contributed by atoms with van der Waals surface area (Å²) in [4.78, 5) is 64.9. The van der Waals surface area contributed by atoms with E-state index in [0.29, 0.717) is 0 Å². The van der Waals surface area contributed by atoms with Crippen LogP contribution in [0.15, 0.2) is 0 Å². The van der Waals surface area contributed by atoms with Crippen molar-refractivity contribution >= 4 is 35.7 Å². The van der Waals surface area contributed by atoms with Crippen LogP contribution in [0.1, 0.15) is 25.7 Å². The van der Waals surface area contributed by atoms with Gasteiger partial charge in [-0.2, -0.15) is 0 Å². The van der Waals surface area contributed by atoms with E-state index in [2.05, 4.69) is 0 Å². The van der Waals surface area contributed by atoms with E-state index in [-0.39, 0.29) is 75.4 Å². The average molecular weight is 372 g/mol. The SMILES string of the molecule is O=C([O-])CC[C@H](NC(=O)C(=O)N[C@@H](CCC(=O)[O-])C(=O)[O-])C(=O)[O-].[Li+].[Li+].[Li+].[Li+]. The molecular weight excluding hydrogens is 360 g/mol. The van der Waals surface area contributed by atoms with Gasteiger partial charge in [-0.05, 0) is 25.7 Å². The van der Waals surface area contributed by atoms with Gasteiger partial charge in [0.05, 0.1) is 24.0 Å². The van der Waals surface area contributed by atoms with Crippen LogP contribution in [-0.2, 0) is 28.8 Å². The van der Waals surface area contributed by atoms with Crippen molar-refractivity contribution in [2.24, 2.45) is 0 Å². The Labute approximate surface area is 207 Å². The zero-order chi connectivity index (χ0) is 18.9. The molecule has 0 aliphatic carbocycles. The summed E-state index contributed by atoms with van der Waals surface area (Å²) in [6, 6.07) is -3.66. The second-order valence-corrected chi connectivity index (χ2v) is 4.51. The first-order chi connectivity index (χ1) is 11.0. The molecule has 0 spiro atoms. The third-order valence-electron chi connectivity index (χ3n) is 2.66. The molecule has 0 aromatic carbocycles. The van der Waals surface area contributed by atoms with E-state index in [4.69, 9.17) is 0 Å². The number of hydrogen-bond donors (Lipinski definition) is 2. The Morgan fingerprint density at radius 1 is 0.571 bits per heavy atom. The second kappa shape index (κ2) is 19.5. The molecular formula is C12H12Li4N2O10. The van der Waals surface area contributed by atoms with Crippen molar-refractivity contribution < 1.29 is 125 Å². The van der Waals surface area contributed by atoms with Crippen LogP contribution >= 0.6 is 0 Å². The van der Waals surface area contributed by atoms with E-state index in [1.54, 1.807) is 10.6 Å². The quantitative estimate of drug-likeness (QED) is 0.272. The maximum Gasteiger partial charge on any atom is 1.00 e. The van der Waals surface area contributed by atoms with Gasteiger partial charge in [0, 0.05) is 11.9 Å². The molecule has 0 aliphatic rings. The fourth-order valence-electron chi connectivity index (χ4n) is 1.47. The van der Waals surface area contributed by atoms with E-state index >= 15 is 0 Å². The third kappa shape index (κ3) is 17.3. The van der Waals surface area contributed by atoms with E-state index in [0.717, 1.165) is 0 Å². The predicted octanol–water partition coefficient (Wildman–Crippen LogP) is -19.5. The van der Waals surface area contributed by atoms with Crippen LogP contribution in [0.4, 0.5) is 0 Å². The molecule has 0 radical (unpaired) electrons. The summed E-state index contributed by atoms with van der Waals surface area (Å²) in [5.41, 5.74) is 0. The minimum Gasteiger partial charge on any atom is -0.550 e. The molecule has 28 heavy (non-hydrogen) atoms.